The van der Waals surface area contributed by atoms with Crippen LogP contribution in [0.4, 0.5) is 13.2 Å². The van der Waals surface area contributed by atoms with Crippen LogP contribution in [0.2, 0.25) is 0 Å². The number of rotatable bonds is 5. The summed E-state index contributed by atoms with van der Waals surface area (Å²) < 4.78 is 83.5. The summed E-state index contributed by atoms with van der Waals surface area (Å²) in [5.74, 6) is 0. The molecule has 0 amide bonds. The van der Waals surface area contributed by atoms with E-state index in [0.717, 1.165) is 12.1 Å². The van der Waals surface area contributed by atoms with Crippen LogP contribution in [0, 0.1) is 7.14 Å². The van der Waals surface area contributed by atoms with Crippen LogP contribution in [-0.4, -0.2) is 8.42 Å². The van der Waals surface area contributed by atoms with E-state index < -0.39 is 52.6 Å². The van der Waals surface area contributed by atoms with E-state index in [2.05, 4.69) is 0 Å². The van der Waals surface area contributed by atoms with E-state index >= 15 is 0 Å². The van der Waals surface area contributed by atoms with Crippen LogP contribution in [0.25, 0.3) is 32.9 Å². The van der Waals surface area contributed by atoms with Crippen molar-refractivity contribution in [1.82, 2.24) is 0 Å². The molecule has 41 heavy (non-hydrogen) atoms. The van der Waals surface area contributed by atoms with Gasteiger partial charge in [-0.1, -0.05) is 12.1 Å². The van der Waals surface area contributed by atoms with Crippen LogP contribution in [0.5, 0.6) is 0 Å². The summed E-state index contributed by atoms with van der Waals surface area (Å²) in [7, 11) is -4.57. The smallest absolute Gasteiger partial charge is 0.416 e. The molecule has 7 nitrogen and oxygen atoms in total. The first-order chi connectivity index (χ1) is 19.5. The van der Waals surface area contributed by atoms with Crippen LogP contribution in [0.1, 0.15) is 5.56 Å². The fraction of sp³-hybridized carbons (Fsp3) is 0.0345. The second-order valence-corrected chi connectivity index (χ2v) is 15.3. The van der Waals surface area contributed by atoms with Crippen LogP contribution in [-0.2, 0) is 18.8 Å². The minimum atomic E-state index is -4.65. The molecule has 4 aromatic carbocycles. The minimum Gasteiger partial charge on any atom is -0.456 e. The van der Waals surface area contributed by atoms with Crippen LogP contribution in [0.15, 0.2) is 120 Å². The standard InChI is InChI=1S/C29H16F3IO7S/c30-29(31,32)18-7-11-21(12-8-18)41(36,37)40-33(20-9-5-17-6-14-27(34)39-26(17)16-20)19-10-13-25-23(15-19)28(35)22-3-1-2-4-24(22)38-25/h1-16H/q+1. The van der Waals surface area contributed by atoms with Gasteiger partial charge in [-0.25, -0.2) is 4.79 Å². The first-order valence-electron chi connectivity index (χ1n) is 11.8. The van der Waals surface area contributed by atoms with E-state index in [1.165, 1.54) is 24.3 Å². The second kappa shape index (κ2) is 10.1. The number of hydrogen-bond acceptors (Lipinski definition) is 7. The minimum absolute atomic E-state index is 0.194. The monoisotopic (exact) mass is 692 g/mol. The van der Waals surface area contributed by atoms with Gasteiger partial charge in [-0.2, -0.15) is 21.6 Å². The van der Waals surface area contributed by atoms with Crippen molar-refractivity contribution in [3.8, 4) is 0 Å². The summed E-state index contributed by atoms with van der Waals surface area (Å²) in [6.45, 7) is 0. The SMILES string of the molecule is O=c1ccc2ccc([I+](OS(=O)(=O)c3ccc(C(F)(F)F)cc3)c3ccc4oc5ccccc5c(=O)c4c3)cc2o1. The van der Waals surface area contributed by atoms with Gasteiger partial charge < -0.3 is 8.83 Å². The number of fused-ring (bicyclic) bond motifs is 3. The highest BCUT2D eigenvalue weighted by molar-refractivity contribution is 7.86. The van der Waals surface area contributed by atoms with Crippen molar-refractivity contribution in [2.75, 3.05) is 0 Å². The molecule has 0 fully saturated rings. The van der Waals surface area contributed by atoms with Gasteiger partial charge in [0.15, 0.2) is 7.14 Å². The van der Waals surface area contributed by atoms with Gasteiger partial charge in [0.25, 0.3) is 0 Å². The average Bonchev–Trinajstić information content (AvgIpc) is 2.95. The maximum Gasteiger partial charge on any atom is 0.416 e. The van der Waals surface area contributed by atoms with Crippen molar-refractivity contribution in [3.05, 3.63) is 130 Å². The highest BCUT2D eigenvalue weighted by Gasteiger charge is 2.39. The van der Waals surface area contributed by atoms with Crippen molar-refractivity contribution in [3.63, 3.8) is 0 Å². The average molecular weight is 692 g/mol. The van der Waals surface area contributed by atoms with Gasteiger partial charge in [0.1, 0.15) is 16.7 Å². The molecule has 207 valence electrons. The third-order valence-corrected chi connectivity index (χ3v) is 13.4. The van der Waals surface area contributed by atoms with Crippen molar-refractivity contribution in [2.45, 2.75) is 11.1 Å². The third-order valence-electron chi connectivity index (χ3n) is 6.14. The molecular formula is C29H16F3IO7S+. The lowest BCUT2D eigenvalue weighted by molar-refractivity contribution is -1.03. The Labute approximate surface area is 236 Å². The molecule has 0 aliphatic carbocycles. The molecule has 0 atom stereocenters. The molecule has 0 N–H and O–H groups in total. The molecule has 0 bridgehead atoms. The predicted molar refractivity (Wildman–Crippen MR) is 140 cm³/mol. The van der Waals surface area contributed by atoms with Crippen LogP contribution >= 0.6 is 0 Å². The van der Waals surface area contributed by atoms with E-state index in [1.807, 2.05) is 0 Å². The second-order valence-electron chi connectivity index (χ2n) is 8.79. The number of benzene rings is 4. The van der Waals surface area contributed by atoms with Gasteiger partial charge in [-0.05, 0) is 69.2 Å². The van der Waals surface area contributed by atoms with E-state index in [0.29, 0.717) is 35.6 Å². The Morgan fingerprint density at radius 3 is 2.10 bits per heavy atom. The number of alkyl halides is 3. The summed E-state index contributed by atoms with van der Waals surface area (Å²) in [6.07, 6.45) is -4.65. The van der Waals surface area contributed by atoms with Crippen LogP contribution in [0.3, 0.4) is 0 Å². The third kappa shape index (κ3) is 5.25. The summed E-state index contributed by atoms with van der Waals surface area (Å²) in [6, 6.07) is 21.8. The topological polar surface area (TPSA) is 104 Å². The Bertz CT molecular complexity index is 2190. The Kier molecular flexibility index (Phi) is 6.71. The Balaban J connectivity index is 1.51. The fourth-order valence-corrected chi connectivity index (χ4v) is 11.2. The molecule has 12 heteroatoms. The molecule has 0 saturated carbocycles. The summed E-state index contributed by atoms with van der Waals surface area (Å²) in [5, 5.41) is 1.12. The lowest BCUT2D eigenvalue weighted by atomic mass is 10.1. The zero-order valence-corrected chi connectivity index (χ0v) is 23.5. The lowest BCUT2D eigenvalue weighted by Crippen LogP contribution is -3.85. The van der Waals surface area contributed by atoms with Crippen LogP contribution < -0.4 is 31.3 Å². The van der Waals surface area contributed by atoms with Gasteiger partial charge in [-0.15, -0.1) is 0 Å². The first-order valence-corrected chi connectivity index (χ1v) is 16.3. The summed E-state index contributed by atoms with van der Waals surface area (Å²) >= 11 is -3.50. The van der Waals surface area contributed by atoms with Crippen molar-refractivity contribution in [2.24, 2.45) is 0 Å². The molecule has 1 radical (unpaired) electrons. The maximum atomic E-state index is 13.4. The van der Waals surface area contributed by atoms with Crippen molar-refractivity contribution in [1.29, 1.82) is 0 Å². The molecular weight excluding hydrogens is 676 g/mol. The zero-order chi connectivity index (χ0) is 28.9. The maximum absolute atomic E-state index is 13.4. The molecule has 0 aliphatic rings. The van der Waals surface area contributed by atoms with Gasteiger partial charge >= 0.3 is 42.2 Å². The molecule has 0 saturated heterocycles. The molecule has 2 aromatic heterocycles. The lowest BCUT2D eigenvalue weighted by Gasteiger charge is -2.09. The Hall–Kier alpha value is -4.01. The number of hydrogen-bond donors (Lipinski definition) is 0. The number of para-hydroxylation sites is 1. The van der Waals surface area contributed by atoms with Crippen molar-refractivity contribution < 1.29 is 53.2 Å². The fourth-order valence-electron chi connectivity index (χ4n) is 4.15. The van der Waals surface area contributed by atoms with Gasteiger partial charge in [0.05, 0.1) is 21.2 Å². The molecule has 0 unspecified atom stereocenters. The predicted octanol–water partition coefficient (Wildman–Crippen LogP) is 3.06. The first kappa shape index (κ1) is 27.2. The number of halogens is 4. The largest absolute Gasteiger partial charge is 0.456 e. The van der Waals surface area contributed by atoms with Gasteiger partial charge in [-0.3, -0.25) is 4.79 Å². The van der Waals surface area contributed by atoms with Gasteiger partial charge in [0.2, 0.25) is 5.43 Å². The zero-order valence-electron chi connectivity index (χ0n) is 20.5. The Morgan fingerprint density at radius 2 is 1.34 bits per heavy atom. The molecule has 0 aliphatic heterocycles. The van der Waals surface area contributed by atoms with E-state index in [1.54, 1.807) is 48.5 Å². The van der Waals surface area contributed by atoms with E-state index in [-0.39, 0.29) is 22.0 Å². The highest BCUT2D eigenvalue weighted by atomic mass is 127. The van der Waals surface area contributed by atoms with E-state index in [9.17, 15) is 31.2 Å². The highest BCUT2D eigenvalue weighted by Crippen LogP contribution is 2.29. The van der Waals surface area contributed by atoms with Gasteiger partial charge in [0, 0.05) is 23.6 Å². The Morgan fingerprint density at radius 1 is 0.683 bits per heavy atom. The van der Waals surface area contributed by atoms with E-state index in [4.69, 9.17) is 11.3 Å². The molecule has 0 spiro atoms. The molecule has 6 aromatic rings. The molecule has 2 heterocycles. The normalized spacial score (nSPS) is 12.5. The quantitative estimate of drug-likeness (QED) is 0.156. The molecule has 6 rings (SSSR count). The van der Waals surface area contributed by atoms with Crippen molar-refractivity contribution >= 4 is 43.0 Å². The summed E-state index contributed by atoms with van der Waals surface area (Å²) in [4.78, 5) is 24.7. The summed E-state index contributed by atoms with van der Waals surface area (Å²) in [5.41, 5.74) is -1.08.